The van der Waals surface area contributed by atoms with E-state index in [-0.39, 0.29) is 27.2 Å². The van der Waals surface area contributed by atoms with Gasteiger partial charge in [0.2, 0.25) is 5.91 Å². The van der Waals surface area contributed by atoms with Crippen LogP contribution in [0.15, 0.2) is 12.1 Å². The molecule has 1 saturated heterocycles. The van der Waals surface area contributed by atoms with E-state index in [0.717, 1.165) is 55.9 Å². The molecule has 0 aliphatic carbocycles. The first kappa shape index (κ1) is 18.2. The minimum Gasteiger partial charge on any atom is -0.308 e. The van der Waals surface area contributed by atoms with Gasteiger partial charge in [-0.2, -0.15) is 0 Å². The van der Waals surface area contributed by atoms with Crippen LogP contribution in [0.1, 0.15) is 12.8 Å². The van der Waals surface area contributed by atoms with Crippen LogP contribution in [0.3, 0.4) is 0 Å². The summed E-state index contributed by atoms with van der Waals surface area (Å²) < 4.78 is 27.6. The average Bonchev–Trinajstić information content (AvgIpc) is 3.02. The topological polar surface area (TPSA) is 48.5 Å². The van der Waals surface area contributed by atoms with Gasteiger partial charge in [-0.3, -0.25) is 4.79 Å². The highest BCUT2D eigenvalue weighted by Gasteiger charge is 2.26. The third-order valence-corrected chi connectivity index (χ3v) is 5.40. The first-order valence-electron chi connectivity index (χ1n) is 8.36. The SMILES string of the molecule is CN(C)CCN1CCCC(C(=O)Nc2nc3c(F)ccc(F)c3s2)C1. The monoisotopic (exact) mass is 368 g/mol. The van der Waals surface area contributed by atoms with Crippen LogP contribution in [0, 0.1) is 17.6 Å². The van der Waals surface area contributed by atoms with Crippen LogP contribution < -0.4 is 5.32 Å². The number of amides is 1. The molecule has 0 saturated carbocycles. The maximum atomic E-state index is 13.8. The Kier molecular flexibility index (Phi) is 5.61. The number of likely N-dealkylation sites (tertiary alicyclic amines) is 1. The molecule has 1 aromatic heterocycles. The number of halogens is 2. The highest BCUT2D eigenvalue weighted by molar-refractivity contribution is 7.22. The van der Waals surface area contributed by atoms with E-state index in [0.29, 0.717) is 6.54 Å². The summed E-state index contributed by atoms with van der Waals surface area (Å²) in [7, 11) is 4.05. The Balaban J connectivity index is 1.65. The molecule has 1 fully saturated rings. The number of nitrogens with zero attached hydrogens (tertiary/aromatic N) is 3. The van der Waals surface area contributed by atoms with E-state index in [1.54, 1.807) is 0 Å². The van der Waals surface area contributed by atoms with Crippen molar-refractivity contribution in [3.05, 3.63) is 23.8 Å². The van der Waals surface area contributed by atoms with Crippen LogP contribution in [0.5, 0.6) is 0 Å². The van der Waals surface area contributed by atoms with E-state index in [2.05, 4.69) is 20.1 Å². The smallest absolute Gasteiger partial charge is 0.230 e. The van der Waals surface area contributed by atoms with E-state index in [9.17, 15) is 13.6 Å². The standard InChI is InChI=1S/C17H22F2N4OS/c1-22(2)8-9-23-7-3-4-11(10-23)16(24)21-17-20-14-12(18)5-6-13(19)15(14)25-17/h5-6,11H,3-4,7-10H2,1-2H3,(H,20,21,24). The Morgan fingerprint density at radius 1 is 1.40 bits per heavy atom. The number of fused-ring (bicyclic) bond motifs is 1. The third kappa shape index (κ3) is 4.31. The number of nitrogens with one attached hydrogen (secondary N) is 1. The fourth-order valence-corrected chi connectivity index (χ4v) is 3.91. The van der Waals surface area contributed by atoms with Gasteiger partial charge in [0.1, 0.15) is 11.3 Å². The largest absolute Gasteiger partial charge is 0.308 e. The number of hydrogen-bond donors (Lipinski definition) is 1. The summed E-state index contributed by atoms with van der Waals surface area (Å²) >= 11 is 0.967. The molecular weight excluding hydrogens is 346 g/mol. The normalized spacial score (nSPS) is 18.8. The van der Waals surface area contributed by atoms with Crippen molar-refractivity contribution >= 4 is 32.6 Å². The molecule has 1 unspecified atom stereocenters. The molecule has 2 heterocycles. The van der Waals surface area contributed by atoms with E-state index in [1.165, 1.54) is 0 Å². The molecule has 1 aliphatic rings. The Bertz CT molecular complexity index is 725. The predicted octanol–water partition coefficient (Wildman–Crippen LogP) is 2.79. The zero-order chi connectivity index (χ0) is 18.0. The van der Waals surface area contributed by atoms with Gasteiger partial charge >= 0.3 is 0 Å². The van der Waals surface area contributed by atoms with Crippen LogP contribution in [0.2, 0.25) is 0 Å². The van der Waals surface area contributed by atoms with Crippen molar-refractivity contribution in [2.24, 2.45) is 5.92 Å². The van der Waals surface area contributed by atoms with Crippen molar-refractivity contribution in [3.8, 4) is 0 Å². The van der Waals surface area contributed by atoms with Crippen LogP contribution in [0.4, 0.5) is 13.9 Å². The molecule has 1 N–H and O–H groups in total. The highest BCUT2D eigenvalue weighted by Crippen LogP contribution is 2.30. The summed E-state index contributed by atoms with van der Waals surface area (Å²) in [5, 5.41) is 2.98. The molecule has 1 amide bonds. The lowest BCUT2D eigenvalue weighted by Crippen LogP contribution is -2.43. The maximum Gasteiger partial charge on any atom is 0.230 e. The number of thiazole rings is 1. The molecule has 0 radical (unpaired) electrons. The Morgan fingerprint density at radius 3 is 2.88 bits per heavy atom. The number of hydrogen-bond acceptors (Lipinski definition) is 5. The Morgan fingerprint density at radius 2 is 2.16 bits per heavy atom. The molecular formula is C17H22F2N4OS. The van der Waals surface area contributed by atoms with E-state index in [4.69, 9.17) is 0 Å². The molecule has 1 atom stereocenters. The zero-order valence-corrected chi connectivity index (χ0v) is 15.2. The predicted molar refractivity (Wildman–Crippen MR) is 95.9 cm³/mol. The van der Waals surface area contributed by atoms with Gasteiger partial charge < -0.3 is 15.1 Å². The molecule has 5 nitrogen and oxygen atoms in total. The van der Waals surface area contributed by atoms with Crippen molar-refractivity contribution in [3.63, 3.8) is 0 Å². The summed E-state index contributed by atoms with van der Waals surface area (Å²) in [4.78, 5) is 21.0. The van der Waals surface area contributed by atoms with Crippen molar-refractivity contribution in [1.29, 1.82) is 0 Å². The van der Waals surface area contributed by atoms with Crippen LogP contribution >= 0.6 is 11.3 Å². The van der Waals surface area contributed by atoms with E-state index in [1.807, 2.05) is 14.1 Å². The lowest BCUT2D eigenvalue weighted by atomic mass is 9.97. The highest BCUT2D eigenvalue weighted by atomic mass is 32.1. The first-order chi connectivity index (χ1) is 11.9. The van der Waals surface area contributed by atoms with Crippen molar-refractivity contribution in [2.45, 2.75) is 12.8 Å². The zero-order valence-electron chi connectivity index (χ0n) is 14.4. The molecule has 2 aromatic rings. The molecule has 1 aromatic carbocycles. The summed E-state index contributed by atoms with van der Waals surface area (Å²) in [6, 6.07) is 2.12. The van der Waals surface area contributed by atoms with Crippen molar-refractivity contribution in [1.82, 2.24) is 14.8 Å². The molecule has 0 bridgehead atoms. The van der Waals surface area contributed by atoms with E-state index >= 15 is 0 Å². The summed E-state index contributed by atoms with van der Waals surface area (Å²) in [5.41, 5.74) is -0.0310. The minimum absolute atomic E-state index is 0.0310. The lowest BCUT2D eigenvalue weighted by Gasteiger charge is -2.32. The summed E-state index contributed by atoms with van der Waals surface area (Å²) in [6.45, 7) is 3.57. The Hall–Kier alpha value is -1.64. The van der Waals surface area contributed by atoms with Gasteiger partial charge in [0.15, 0.2) is 10.9 Å². The number of piperidine rings is 1. The summed E-state index contributed by atoms with van der Waals surface area (Å²) in [6.07, 6.45) is 1.78. The second-order valence-electron chi connectivity index (χ2n) is 6.66. The maximum absolute atomic E-state index is 13.8. The molecule has 1 aliphatic heterocycles. The lowest BCUT2D eigenvalue weighted by molar-refractivity contribution is -0.121. The number of carbonyl (C=O) groups is 1. The van der Waals surface area contributed by atoms with Gasteiger partial charge in [-0.05, 0) is 45.6 Å². The Labute approximate surface area is 149 Å². The van der Waals surface area contributed by atoms with Gasteiger partial charge in [-0.15, -0.1) is 0 Å². The molecule has 3 rings (SSSR count). The fraction of sp³-hybridized carbons (Fsp3) is 0.529. The van der Waals surface area contributed by atoms with Crippen molar-refractivity contribution < 1.29 is 13.6 Å². The number of anilines is 1. The van der Waals surface area contributed by atoms with Gasteiger partial charge in [0, 0.05) is 19.6 Å². The second kappa shape index (κ2) is 7.72. The molecule has 136 valence electrons. The van der Waals surface area contributed by atoms with Crippen LogP contribution in [-0.4, -0.2) is 61.0 Å². The van der Waals surface area contributed by atoms with Gasteiger partial charge in [0.05, 0.1) is 10.6 Å². The number of carbonyl (C=O) groups excluding carboxylic acids is 1. The number of rotatable bonds is 5. The number of aromatic nitrogens is 1. The number of benzene rings is 1. The summed E-state index contributed by atoms with van der Waals surface area (Å²) in [5.74, 6) is -1.37. The average molecular weight is 368 g/mol. The van der Waals surface area contributed by atoms with Gasteiger partial charge in [-0.1, -0.05) is 11.3 Å². The van der Waals surface area contributed by atoms with Crippen LogP contribution in [0.25, 0.3) is 10.2 Å². The second-order valence-corrected chi connectivity index (χ2v) is 7.66. The van der Waals surface area contributed by atoms with Crippen LogP contribution in [-0.2, 0) is 4.79 Å². The van der Waals surface area contributed by atoms with Crippen molar-refractivity contribution in [2.75, 3.05) is 45.6 Å². The molecule has 8 heteroatoms. The van der Waals surface area contributed by atoms with E-state index < -0.39 is 11.6 Å². The molecule has 25 heavy (non-hydrogen) atoms. The fourth-order valence-electron chi connectivity index (χ4n) is 3.02. The third-order valence-electron chi connectivity index (χ3n) is 4.42. The quantitative estimate of drug-likeness (QED) is 0.882. The minimum atomic E-state index is -0.583. The van der Waals surface area contributed by atoms with Gasteiger partial charge in [0.25, 0.3) is 0 Å². The first-order valence-corrected chi connectivity index (χ1v) is 9.18. The number of likely N-dealkylation sites (N-methyl/N-ethyl adjacent to an activating group) is 1. The van der Waals surface area contributed by atoms with Gasteiger partial charge in [-0.25, -0.2) is 13.8 Å². The molecule has 0 spiro atoms.